The zero-order valence-corrected chi connectivity index (χ0v) is 10.2. The van der Waals surface area contributed by atoms with Gasteiger partial charge in [-0.2, -0.15) is 0 Å². The summed E-state index contributed by atoms with van der Waals surface area (Å²) in [6, 6.07) is 0. The van der Waals surface area contributed by atoms with E-state index in [0.29, 0.717) is 13.1 Å². The SMILES string of the molecule is O=C(O)CC1(CNC(=O)C2CNC(=O)C2)CCC1. The molecule has 18 heavy (non-hydrogen) atoms. The van der Waals surface area contributed by atoms with Crippen LogP contribution >= 0.6 is 0 Å². The van der Waals surface area contributed by atoms with Crippen molar-refractivity contribution in [2.24, 2.45) is 11.3 Å². The van der Waals surface area contributed by atoms with Crippen LogP contribution in [0.5, 0.6) is 0 Å². The maximum absolute atomic E-state index is 11.8. The van der Waals surface area contributed by atoms with E-state index in [-0.39, 0.29) is 36.0 Å². The van der Waals surface area contributed by atoms with Crippen molar-refractivity contribution < 1.29 is 19.5 Å². The molecule has 0 radical (unpaired) electrons. The predicted octanol–water partition coefficient (Wildman–Crippen LogP) is -0.116. The van der Waals surface area contributed by atoms with Crippen LogP contribution in [0.3, 0.4) is 0 Å². The standard InChI is InChI=1S/C12H18N2O4/c15-9-4-8(6-13-9)11(18)14-7-12(2-1-3-12)5-10(16)17/h8H,1-7H2,(H,13,15)(H,14,18)(H,16,17). The average Bonchev–Trinajstić information content (AvgIpc) is 2.68. The van der Waals surface area contributed by atoms with Gasteiger partial charge >= 0.3 is 5.97 Å². The fourth-order valence-electron chi connectivity index (χ4n) is 2.62. The molecule has 2 aliphatic rings. The number of rotatable bonds is 5. The van der Waals surface area contributed by atoms with Crippen molar-refractivity contribution in [3.63, 3.8) is 0 Å². The van der Waals surface area contributed by atoms with Gasteiger partial charge in [0.1, 0.15) is 0 Å². The summed E-state index contributed by atoms with van der Waals surface area (Å²) < 4.78 is 0. The number of carboxylic acid groups (broad SMARTS) is 1. The molecule has 0 bridgehead atoms. The van der Waals surface area contributed by atoms with Gasteiger partial charge in [0.15, 0.2) is 0 Å². The molecule has 1 saturated carbocycles. The van der Waals surface area contributed by atoms with Gasteiger partial charge in [-0.15, -0.1) is 0 Å². The van der Waals surface area contributed by atoms with E-state index in [1.54, 1.807) is 0 Å². The Morgan fingerprint density at radius 3 is 2.61 bits per heavy atom. The van der Waals surface area contributed by atoms with Gasteiger partial charge in [-0.1, -0.05) is 6.42 Å². The first-order valence-electron chi connectivity index (χ1n) is 6.27. The third-order valence-corrected chi connectivity index (χ3v) is 3.93. The molecule has 1 atom stereocenters. The van der Waals surface area contributed by atoms with Crippen LogP contribution < -0.4 is 10.6 Å². The van der Waals surface area contributed by atoms with Crippen molar-refractivity contribution in [1.29, 1.82) is 0 Å². The number of amides is 2. The Balaban J connectivity index is 1.81. The van der Waals surface area contributed by atoms with Crippen molar-refractivity contribution in [3.05, 3.63) is 0 Å². The van der Waals surface area contributed by atoms with E-state index in [2.05, 4.69) is 10.6 Å². The quantitative estimate of drug-likeness (QED) is 0.637. The van der Waals surface area contributed by atoms with Gasteiger partial charge in [-0.25, -0.2) is 0 Å². The minimum absolute atomic E-state index is 0.0981. The summed E-state index contributed by atoms with van der Waals surface area (Å²) in [6.45, 7) is 0.791. The molecule has 6 heteroatoms. The van der Waals surface area contributed by atoms with E-state index in [4.69, 9.17) is 5.11 Å². The molecular weight excluding hydrogens is 236 g/mol. The number of hydrogen-bond donors (Lipinski definition) is 3. The maximum Gasteiger partial charge on any atom is 0.303 e. The fraction of sp³-hybridized carbons (Fsp3) is 0.750. The van der Waals surface area contributed by atoms with Crippen molar-refractivity contribution in [2.75, 3.05) is 13.1 Å². The third kappa shape index (κ3) is 2.80. The van der Waals surface area contributed by atoms with Crippen molar-refractivity contribution in [1.82, 2.24) is 10.6 Å². The topological polar surface area (TPSA) is 95.5 Å². The number of carbonyl (C=O) groups is 3. The lowest BCUT2D eigenvalue weighted by Crippen LogP contribution is -2.45. The molecular formula is C12H18N2O4. The molecule has 0 aromatic rings. The highest BCUT2D eigenvalue weighted by Gasteiger charge is 2.40. The lowest BCUT2D eigenvalue weighted by molar-refractivity contribution is -0.142. The molecule has 3 N–H and O–H groups in total. The summed E-state index contributed by atoms with van der Waals surface area (Å²) in [5.41, 5.74) is -0.266. The molecule has 1 unspecified atom stereocenters. The first kappa shape index (κ1) is 12.9. The second-order valence-corrected chi connectivity index (χ2v) is 5.35. The molecule has 1 aliphatic carbocycles. The molecule has 1 aliphatic heterocycles. The fourth-order valence-corrected chi connectivity index (χ4v) is 2.62. The van der Waals surface area contributed by atoms with E-state index >= 15 is 0 Å². The van der Waals surface area contributed by atoms with Crippen LogP contribution in [0.2, 0.25) is 0 Å². The van der Waals surface area contributed by atoms with Crippen molar-refractivity contribution >= 4 is 17.8 Å². The van der Waals surface area contributed by atoms with Gasteiger partial charge in [0.2, 0.25) is 11.8 Å². The summed E-state index contributed by atoms with van der Waals surface area (Å²) in [5, 5.41) is 14.3. The lowest BCUT2D eigenvalue weighted by atomic mass is 9.66. The van der Waals surface area contributed by atoms with Crippen LogP contribution in [0.4, 0.5) is 0 Å². The summed E-state index contributed by atoms with van der Waals surface area (Å²) >= 11 is 0. The molecule has 2 fully saturated rings. The van der Waals surface area contributed by atoms with Gasteiger partial charge in [0.05, 0.1) is 12.3 Å². The molecule has 0 spiro atoms. The van der Waals surface area contributed by atoms with E-state index in [9.17, 15) is 14.4 Å². The van der Waals surface area contributed by atoms with Gasteiger partial charge in [-0.05, 0) is 18.3 Å². The van der Waals surface area contributed by atoms with Crippen LogP contribution in [0.15, 0.2) is 0 Å². The smallest absolute Gasteiger partial charge is 0.303 e. The summed E-state index contributed by atoms with van der Waals surface area (Å²) in [6.07, 6.45) is 3.06. The van der Waals surface area contributed by atoms with Crippen LogP contribution in [0.1, 0.15) is 32.1 Å². The van der Waals surface area contributed by atoms with Crippen LogP contribution in [-0.4, -0.2) is 36.0 Å². The number of carboxylic acids is 1. The third-order valence-electron chi connectivity index (χ3n) is 3.93. The molecule has 0 aromatic heterocycles. The van der Waals surface area contributed by atoms with Gasteiger partial charge in [0, 0.05) is 19.5 Å². The van der Waals surface area contributed by atoms with Crippen molar-refractivity contribution in [2.45, 2.75) is 32.1 Å². The molecule has 2 rings (SSSR count). The van der Waals surface area contributed by atoms with E-state index in [1.807, 2.05) is 0 Å². The Bertz CT molecular complexity index is 376. The number of hydrogen-bond acceptors (Lipinski definition) is 3. The second kappa shape index (κ2) is 4.96. The zero-order chi connectivity index (χ0) is 13.2. The first-order valence-corrected chi connectivity index (χ1v) is 6.27. The predicted molar refractivity (Wildman–Crippen MR) is 62.7 cm³/mol. The van der Waals surface area contributed by atoms with Gasteiger partial charge in [0.25, 0.3) is 0 Å². The Kier molecular flexibility index (Phi) is 3.54. The molecule has 6 nitrogen and oxygen atoms in total. The molecule has 1 heterocycles. The Morgan fingerprint density at radius 1 is 1.44 bits per heavy atom. The Hall–Kier alpha value is -1.59. The van der Waals surface area contributed by atoms with E-state index in [1.165, 1.54) is 0 Å². The van der Waals surface area contributed by atoms with E-state index in [0.717, 1.165) is 19.3 Å². The van der Waals surface area contributed by atoms with Crippen molar-refractivity contribution in [3.8, 4) is 0 Å². The normalized spacial score (nSPS) is 25.1. The number of aliphatic carboxylic acids is 1. The number of carbonyl (C=O) groups excluding carboxylic acids is 2. The van der Waals surface area contributed by atoms with Crippen LogP contribution in [0, 0.1) is 11.3 Å². The minimum Gasteiger partial charge on any atom is -0.481 e. The largest absolute Gasteiger partial charge is 0.481 e. The minimum atomic E-state index is -0.818. The monoisotopic (exact) mass is 254 g/mol. The molecule has 100 valence electrons. The highest BCUT2D eigenvalue weighted by Crippen LogP contribution is 2.43. The highest BCUT2D eigenvalue weighted by molar-refractivity contribution is 5.89. The Labute approximate surface area is 105 Å². The zero-order valence-electron chi connectivity index (χ0n) is 10.2. The lowest BCUT2D eigenvalue weighted by Gasteiger charge is -2.41. The van der Waals surface area contributed by atoms with Gasteiger partial charge < -0.3 is 15.7 Å². The first-order chi connectivity index (χ1) is 8.51. The molecule has 2 amide bonds. The summed E-state index contributed by atoms with van der Waals surface area (Å²) in [5.74, 6) is -1.37. The van der Waals surface area contributed by atoms with Crippen LogP contribution in [-0.2, 0) is 14.4 Å². The van der Waals surface area contributed by atoms with E-state index < -0.39 is 5.97 Å². The number of nitrogens with one attached hydrogen (secondary N) is 2. The average molecular weight is 254 g/mol. The second-order valence-electron chi connectivity index (χ2n) is 5.35. The van der Waals surface area contributed by atoms with Crippen LogP contribution in [0.25, 0.3) is 0 Å². The molecule has 0 aromatic carbocycles. The summed E-state index contributed by atoms with van der Waals surface area (Å²) in [7, 11) is 0. The van der Waals surface area contributed by atoms with Gasteiger partial charge in [-0.3, -0.25) is 14.4 Å². The highest BCUT2D eigenvalue weighted by atomic mass is 16.4. The summed E-state index contributed by atoms with van der Waals surface area (Å²) in [4.78, 5) is 33.6. The Morgan fingerprint density at radius 2 is 2.17 bits per heavy atom. The maximum atomic E-state index is 11.8. The molecule has 1 saturated heterocycles.